The molecule has 0 N–H and O–H groups in total. The number of rotatable bonds is 0. The number of aliphatic imine (C=N–C) groups is 3. The molecule has 0 fully saturated rings. The third kappa shape index (κ3) is 97.1. The Morgan fingerprint density at radius 3 is 1.28 bits per heavy atom. The third-order valence-electron chi connectivity index (χ3n) is 13.6. The molecule has 2 aliphatic carbocycles. The van der Waals surface area contributed by atoms with E-state index in [4.69, 9.17) is 18.3 Å². The number of aromatic nitrogens is 16. The molecule has 0 unspecified atom stereocenters. The average molecular weight is 2090 g/mol. The van der Waals surface area contributed by atoms with E-state index in [1.165, 1.54) is 79.2 Å². The highest BCUT2D eigenvalue weighted by Crippen LogP contribution is 2.30. The largest absolute Gasteiger partial charge is 0.473 e. The van der Waals surface area contributed by atoms with Crippen LogP contribution in [0.15, 0.2) is 437 Å². The number of thiophene rings is 1. The van der Waals surface area contributed by atoms with Gasteiger partial charge < -0.3 is 31.6 Å². The number of aryl methyl sites for hydroxylation is 1. The van der Waals surface area contributed by atoms with Gasteiger partial charge in [0.15, 0.2) is 29.9 Å². The van der Waals surface area contributed by atoms with Gasteiger partial charge in [-0.3, -0.25) is 34.9 Å². The summed E-state index contributed by atoms with van der Waals surface area (Å²) in [5, 5.41) is 22.7. The number of nitrogens with zero attached hydrogens (tertiary/aromatic N) is 21. The van der Waals surface area contributed by atoms with Gasteiger partial charge in [-0.25, -0.2) is 49.8 Å². The maximum Gasteiger partial charge on any atom is 0.231 e. The number of hydrogen-bond donors (Lipinski definition) is 0. The van der Waals surface area contributed by atoms with Crippen molar-refractivity contribution in [3.05, 3.63) is 417 Å². The predicted octanol–water partition coefficient (Wildman–Crippen LogP) is 34.0. The lowest BCUT2D eigenvalue weighted by molar-refractivity contribution is 0.174. The van der Waals surface area contributed by atoms with Crippen molar-refractivity contribution in [1.29, 1.82) is 0 Å². The summed E-state index contributed by atoms with van der Waals surface area (Å²) in [5.74, 6) is 2.45. The molecule has 6 aliphatic rings. The molecule has 0 spiro atoms. The lowest BCUT2D eigenvalue weighted by Gasteiger charge is -1.93. The zero-order chi connectivity index (χ0) is 113. The molecular formula is C118H173N21O7S3. The van der Waals surface area contributed by atoms with Gasteiger partial charge in [0.1, 0.15) is 61.5 Å². The first kappa shape index (κ1) is 151. The monoisotopic (exact) mass is 2090 g/mol. The Hall–Kier alpha value is -15.5. The number of pyridine rings is 2. The summed E-state index contributed by atoms with van der Waals surface area (Å²) >= 11 is 4.99. The maximum absolute atomic E-state index is 5.12. The molecule has 0 saturated heterocycles. The van der Waals surface area contributed by atoms with Gasteiger partial charge in [0.2, 0.25) is 19.6 Å². The number of fused-ring (bicyclic) bond motifs is 6. The van der Waals surface area contributed by atoms with E-state index in [-0.39, 0.29) is 0 Å². The van der Waals surface area contributed by atoms with Crippen LogP contribution >= 0.6 is 34.0 Å². The van der Waals surface area contributed by atoms with Crippen molar-refractivity contribution >= 4 is 91.1 Å². The van der Waals surface area contributed by atoms with E-state index in [1.54, 1.807) is 145 Å². The smallest absolute Gasteiger partial charge is 0.231 e. The molecule has 149 heavy (non-hydrogen) atoms. The second kappa shape index (κ2) is 139. The number of oxazole rings is 2. The van der Waals surface area contributed by atoms with Gasteiger partial charge in [0.25, 0.3) is 0 Å². The normalized spacial score (nSPS) is 9.44. The minimum absolute atomic E-state index is 0.360. The van der Waals surface area contributed by atoms with E-state index in [1.807, 2.05) is 388 Å². The van der Waals surface area contributed by atoms with Crippen molar-refractivity contribution in [1.82, 2.24) is 80.2 Å². The number of ether oxygens (including phenoxy) is 2. The quantitative estimate of drug-likeness (QED) is 0.136. The summed E-state index contributed by atoms with van der Waals surface area (Å²) < 4.78 is 34.9. The van der Waals surface area contributed by atoms with E-state index in [0.717, 1.165) is 81.4 Å². The van der Waals surface area contributed by atoms with Crippen LogP contribution in [0.3, 0.4) is 0 Å². The van der Waals surface area contributed by atoms with Crippen molar-refractivity contribution in [3.8, 4) is 11.5 Å². The summed E-state index contributed by atoms with van der Waals surface area (Å²) in [6, 6.07) is 59.0. The highest BCUT2D eigenvalue weighted by atomic mass is 32.1. The van der Waals surface area contributed by atoms with Crippen LogP contribution in [-0.4, -0.2) is 119 Å². The van der Waals surface area contributed by atoms with Crippen molar-refractivity contribution in [2.45, 2.75) is 234 Å². The van der Waals surface area contributed by atoms with E-state index in [0.29, 0.717) is 13.5 Å². The van der Waals surface area contributed by atoms with Crippen LogP contribution in [-0.2, 0) is 6.42 Å². The number of hydrogen-bond acceptors (Lipinski definition) is 31. The van der Waals surface area contributed by atoms with Crippen LogP contribution in [0.5, 0.6) is 11.5 Å². The third-order valence-corrected chi connectivity index (χ3v) is 15.6. The Morgan fingerprint density at radius 2 is 0.913 bits per heavy atom. The van der Waals surface area contributed by atoms with Gasteiger partial charge in [-0.05, 0) is 121 Å². The van der Waals surface area contributed by atoms with E-state index >= 15 is 0 Å². The average Bonchev–Trinajstić information content (AvgIpc) is 1.77. The summed E-state index contributed by atoms with van der Waals surface area (Å²) in [6.45, 7) is 63.6. The summed E-state index contributed by atoms with van der Waals surface area (Å²) in [7, 11) is 0. The van der Waals surface area contributed by atoms with E-state index in [9.17, 15) is 0 Å². The molecule has 31 heteroatoms. The fourth-order valence-electron chi connectivity index (χ4n) is 8.32. The molecule has 4 aliphatic heterocycles. The minimum Gasteiger partial charge on any atom is -0.473 e. The van der Waals surface area contributed by atoms with Crippen molar-refractivity contribution < 1.29 is 31.6 Å². The summed E-state index contributed by atoms with van der Waals surface area (Å²) in [4.78, 5) is 64.5. The number of para-hydroxylation sites is 6. The van der Waals surface area contributed by atoms with Crippen LogP contribution < -0.4 is 20.2 Å². The highest BCUT2D eigenvalue weighted by molar-refractivity contribution is 7.16. The number of allylic oxidation sites excluding steroid dienone is 6. The molecule has 13 aromatic heterocycles. The Kier molecular flexibility index (Phi) is 141. The van der Waals surface area contributed by atoms with E-state index in [2.05, 4.69) is 185 Å². The molecule has 0 saturated carbocycles. The molecule has 28 nitrogen and oxygen atoms in total. The van der Waals surface area contributed by atoms with Crippen molar-refractivity contribution in [2.75, 3.05) is 20.0 Å². The van der Waals surface area contributed by atoms with Crippen LogP contribution in [0.25, 0.3) is 38.4 Å². The SMILES string of the molecule is C1=CCC=C1.C1=CN=CC1.C1=Cc2ccccc2C1.C1=NC=NC1.CC.CC.CC.CC.CC.CC.CC.CC.CC.CC.CC.CC.CC.CC.CC.Cc1ncncn1.c1cc2ocnc2cn1.c1ccc2c(c1)=NCN=2.c1ccc2c(c1)OCO2.c1ccc2occc2c1.c1ccc2scnc2c1.c1ccncc1.c1ccoc1.c1ccsc1.c1cncnc1.c1cnncn1.c1cocn1.c1cscn1.c1nnco1. The molecule has 5 aromatic carbocycles. The van der Waals surface area contributed by atoms with Gasteiger partial charge >= 0.3 is 0 Å². The van der Waals surface area contributed by atoms with Crippen LogP contribution in [0.2, 0.25) is 0 Å². The summed E-state index contributed by atoms with van der Waals surface area (Å²) in [5.41, 5.74) is 10.1. The molecule has 24 rings (SSSR count). The standard InChI is InChI=1S/C9H8.C8H6O.C7H6N2.C7H5NS.C7H6O2.C6H4N2O.C5H5N.C5H6.C4H5N3.C4H4N2.C4H5N.C4H4O.C4H4S.C3H3N3.C3H4N2.C3H3NO.C3H3NS.C2H2N2O.15C2H6/c1-2-5-9-7-3-6-8(9)4-1;1-2-4-8-7(3-1)5-6-9-8;3*1-2-4-7-6(3-1)8-5-9-7;1-2-7-3-5-6(1)9-4-8-5;1-2-4-6-5-3-1;1-2-4-5-3-1;1-4-6-2-5-3-7-4;1-2-5-4-6-3-1;3*1-2-4-5-3-1;1-2-5-6-3-4-1;3*1-2-5-3-4-1;1-3-4-2-5-1;15*1-2/h1-6H,7H2;1-6H;1-4H,5H2;1-5H;1-4H,5H2;1-4H;1-5H;1-4H,5H2;2-3H,1H3;1-4H;1,3-4H,2H2;2*1-4H;1-3H;1,3H,2H2;2*1-3H;1-2H;15*1-2H3. The topological polar surface area (TPSA) is 352 Å². The Morgan fingerprint density at radius 1 is 0.329 bits per heavy atom. The second-order valence-electron chi connectivity index (χ2n) is 21.9. The number of benzene rings is 5. The van der Waals surface area contributed by atoms with Gasteiger partial charge in [-0.1, -0.05) is 347 Å². The fourth-order valence-corrected chi connectivity index (χ4v) is 9.80. The Balaban J connectivity index is -0.000000197. The zero-order valence-electron chi connectivity index (χ0n) is 94.5. The first-order chi connectivity index (χ1) is 74.2. The van der Waals surface area contributed by atoms with Crippen LogP contribution in [0.1, 0.15) is 238 Å². The van der Waals surface area contributed by atoms with Gasteiger partial charge in [-0.2, -0.15) is 16.4 Å². The minimum atomic E-state index is 0.360. The molecule has 810 valence electrons. The molecule has 0 amide bonds. The second-order valence-corrected chi connectivity index (χ2v) is 24.3. The molecule has 0 bridgehead atoms. The lowest BCUT2D eigenvalue weighted by Crippen LogP contribution is -2.19. The molecule has 17 heterocycles. The predicted molar refractivity (Wildman–Crippen MR) is 637 cm³/mol. The van der Waals surface area contributed by atoms with Crippen molar-refractivity contribution in [2.24, 2.45) is 25.0 Å². The van der Waals surface area contributed by atoms with Gasteiger partial charge in [-0.15, -0.1) is 38.0 Å². The molecule has 18 aromatic rings. The van der Waals surface area contributed by atoms with Crippen LogP contribution in [0.4, 0.5) is 0 Å². The van der Waals surface area contributed by atoms with Gasteiger partial charge in [0.05, 0.1) is 75.9 Å². The number of furan rings is 2. The number of thiazole rings is 2. The maximum atomic E-state index is 5.12. The highest BCUT2D eigenvalue weighted by Gasteiger charge is 2.09. The Bertz CT molecular complexity index is 4880. The zero-order valence-corrected chi connectivity index (χ0v) is 96.9. The summed E-state index contributed by atoms with van der Waals surface area (Å²) in [6.07, 6.45) is 59.3. The first-order valence-electron chi connectivity index (χ1n) is 51.0. The molecule has 0 atom stereocenters. The molecule has 0 radical (unpaired) electrons. The fraction of sp³-hybridized carbons (Fsp3) is 0.314. The molecular weight excluding hydrogens is 1920 g/mol. The van der Waals surface area contributed by atoms with Crippen molar-refractivity contribution in [3.63, 3.8) is 0 Å². The van der Waals surface area contributed by atoms with E-state index < -0.39 is 0 Å². The van der Waals surface area contributed by atoms with Crippen LogP contribution in [0, 0.1) is 6.92 Å². The van der Waals surface area contributed by atoms with Gasteiger partial charge in [0, 0.05) is 85.3 Å². The first-order valence-corrected chi connectivity index (χ1v) is 53.8. The lowest BCUT2D eigenvalue weighted by atomic mass is 10.1. The Labute approximate surface area is 904 Å².